The van der Waals surface area contributed by atoms with Gasteiger partial charge in [-0.15, -0.1) is 5.06 Å². The smallest absolute Gasteiger partial charge is 0.351 e. The molecule has 0 saturated carbocycles. The fraction of sp³-hybridized carbons (Fsp3) is 0.188. The average molecular weight is 268 g/mol. The van der Waals surface area contributed by atoms with Gasteiger partial charge in [0.1, 0.15) is 0 Å². The number of hydrogen-bond acceptors (Lipinski definition) is 3. The molecule has 0 aromatic heterocycles. The molecule has 0 bridgehead atoms. The fourth-order valence-corrected chi connectivity index (χ4v) is 2.61. The standard InChI is InChI=1S/C16H16N2O2/c17-16(19)20-18-10-8-13(9-11-18)15-7-3-5-12-4-1-2-6-14(12)15/h1-8H,9-11H2,(H2,17,19). The topological polar surface area (TPSA) is 55.6 Å². The summed E-state index contributed by atoms with van der Waals surface area (Å²) in [6.07, 6.45) is 2.17. The van der Waals surface area contributed by atoms with Gasteiger partial charge in [-0.05, 0) is 28.3 Å². The molecule has 0 spiro atoms. The summed E-state index contributed by atoms with van der Waals surface area (Å²) in [5, 5.41) is 4.07. The predicted octanol–water partition coefficient (Wildman–Crippen LogP) is 2.94. The summed E-state index contributed by atoms with van der Waals surface area (Å²) in [7, 11) is 0. The van der Waals surface area contributed by atoms with E-state index in [1.54, 1.807) is 5.06 Å². The molecule has 1 aliphatic heterocycles. The molecule has 0 unspecified atom stereocenters. The molecule has 102 valence electrons. The molecule has 0 saturated heterocycles. The lowest BCUT2D eigenvalue weighted by molar-refractivity contribution is -0.0873. The van der Waals surface area contributed by atoms with E-state index in [-0.39, 0.29) is 0 Å². The molecule has 2 N–H and O–H groups in total. The van der Waals surface area contributed by atoms with E-state index in [2.05, 4.69) is 42.5 Å². The first-order chi connectivity index (χ1) is 9.74. The second-order valence-electron chi connectivity index (χ2n) is 4.80. The first-order valence-electron chi connectivity index (χ1n) is 6.63. The summed E-state index contributed by atoms with van der Waals surface area (Å²) in [5.74, 6) is 0. The van der Waals surface area contributed by atoms with E-state index in [0.717, 1.165) is 6.42 Å². The van der Waals surface area contributed by atoms with Crippen molar-refractivity contribution in [3.63, 3.8) is 0 Å². The number of hydrogen-bond donors (Lipinski definition) is 1. The van der Waals surface area contributed by atoms with E-state index in [1.165, 1.54) is 21.9 Å². The number of carbonyl (C=O) groups is 1. The number of hydroxylamine groups is 2. The Morgan fingerprint density at radius 2 is 1.95 bits per heavy atom. The van der Waals surface area contributed by atoms with E-state index in [1.807, 2.05) is 6.07 Å². The summed E-state index contributed by atoms with van der Waals surface area (Å²) in [6.45, 7) is 1.24. The van der Waals surface area contributed by atoms with Gasteiger partial charge in [-0.3, -0.25) is 0 Å². The van der Waals surface area contributed by atoms with Gasteiger partial charge in [0.05, 0.1) is 6.54 Å². The highest BCUT2D eigenvalue weighted by molar-refractivity contribution is 5.94. The molecule has 3 rings (SSSR count). The molecule has 20 heavy (non-hydrogen) atoms. The van der Waals surface area contributed by atoms with Crippen LogP contribution >= 0.6 is 0 Å². The van der Waals surface area contributed by atoms with E-state index in [0.29, 0.717) is 13.1 Å². The number of fused-ring (bicyclic) bond motifs is 1. The van der Waals surface area contributed by atoms with Gasteiger partial charge in [0.15, 0.2) is 0 Å². The SMILES string of the molecule is NC(=O)ON1CC=C(c2cccc3ccccc23)CC1. The second kappa shape index (κ2) is 5.35. The molecular weight excluding hydrogens is 252 g/mol. The third-order valence-corrected chi connectivity index (χ3v) is 3.53. The number of amides is 1. The zero-order chi connectivity index (χ0) is 13.9. The maximum Gasteiger partial charge on any atom is 0.423 e. The molecule has 2 aromatic carbocycles. The minimum absolute atomic E-state index is 0.571. The van der Waals surface area contributed by atoms with E-state index >= 15 is 0 Å². The van der Waals surface area contributed by atoms with Crippen LogP contribution in [-0.4, -0.2) is 24.2 Å². The Bertz CT molecular complexity index is 674. The lowest BCUT2D eigenvalue weighted by Crippen LogP contribution is -2.33. The van der Waals surface area contributed by atoms with Gasteiger partial charge < -0.3 is 10.6 Å². The highest BCUT2D eigenvalue weighted by Crippen LogP contribution is 2.29. The molecule has 0 radical (unpaired) electrons. The number of primary amides is 1. The third kappa shape index (κ3) is 2.51. The van der Waals surface area contributed by atoms with Crippen molar-refractivity contribution >= 4 is 22.4 Å². The largest absolute Gasteiger partial charge is 0.423 e. The highest BCUT2D eigenvalue weighted by Gasteiger charge is 2.16. The van der Waals surface area contributed by atoms with Crippen LogP contribution in [0.15, 0.2) is 48.5 Å². The zero-order valence-corrected chi connectivity index (χ0v) is 11.1. The highest BCUT2D eigenvalue weighted by atomic mass is 16.7. The van der Waals surface area contributed by atoms with E-state index in [4.69, 9.17) is 10.6 Å². The first-order valence-corrected chi connectivity index (χ1v) is 6.63. The van der Waals surface area contributed by atoms with Crippen LogP contribution in [0.4, 0.5) is 4.79 Å². The molecule has 1 heterocycles. The summed E-state index contributed by atoms with van der Waals surface area (Å²) in [4.78, 5) is 15.6. The normalized spacial score (nSPS) is 15.9. The molecule has 2 aromatic rings. The van der Waals surface area contributed by atoms with Crippen molar-refractivity contribution in [3.05, 3.63) is 54.1 Å². The van der Waals surface area contributed by atoms with E-state index in [9.17, 15) is 4.79 Å². The van der Waals surface area contributed by atoms with Crippen LogP contribution in [0.2, 0.25) is 0 Å². The molecule has 1 aliphatic rings. The lowest BCUT2D eigenvalue weighted by Gasteiger charge is -2.24. The Morgan fingerprint density at radius 3 is 2.70 bits per heavy atom. The quantitative estimate of drug-likeness (QED) is 0.911. The van der Waals surface area contributed by atoms with Crippen molar-refractivity contribution in [1.82, 2.24) is 5.06 Å². The van der Waals surface area contributed by atoms with E-state index < -0.39 is 6.09 Å². The Morgan fingerprint density at radius 1 is 1.15 bits per heavy atom. The van der Waals surface area contributed by atoms with Crippen LogP contribution in [0.1, 0.15) is 12.0 Å². The third-order valence-electron chi connectivity index (χ3n) is 3.53. The second-order valence-corrected chi connectivity index (χ2v) is 4.80. The maximum absolute atomic E-state index is 10.7. The summed E-state index contributed by atoms with van der Waals surface area (Å²) < 4.78 is 0. The van der Waals surface area contributed by atoms with Gasteiger partial charge in [-0.1, -0.05) is 48.5 Å². The van der Waals surface area contributed by atoms with Crippen LogP contribution < -0.4 is 5.73 Å². The maximum atomic E-state index is 10.7. The van der Waals surface area contributed by atoms with Gasteiger partial charge in [0.2, 0.25) is 0 Å². The van der Waals surface area contributed by atoms with Crippen LogP contribution in [-0.2, 0) is 4.84 Å². The molecule has 0 fully saturated rings. The minimum Gasteiger partial charge on any atom is -0.351 e. The van der Waals surface area contributed by atoms with Crippen molar-refractivity contribution < 1.29 is 9.63 Å². The van der Waals surface area contributed by atoms with Crippen molar-refractivity contribution in [2.75, 3.05) is 13.1 Å². The molecule has 0 aliphatic carbocycles. The summed E-state index contributed by atoms with van der Waals surface area (Å²) in [6, 6.07) is 14.7. The van der Waals surface area contributed by atoms with Crippen LogP contribution in [0, 0.1) is 0 Å². The number of benzene rings is 2. The molecular formula is C16H16N2O2. The molecule has 4 nitrogen and oxygen atoms in total. The minimum atomic E-state index is -0.757. The van der Waals surface area contributed by atoms with Crippen LogP contribution in [0.5, 0.6) is 0 Å². The van der Waals surface area contributed by atoms with Crippen molar-refractivity contribution in [2.45, 2.75) is 6.42 Å². The van der Waals surface area contributed by atoms with Crippen LogP contribution in [0.3, 0.4) is 0 Å². The Kier molecular flexibility index (Phi) is 3.39. The van der Waals surface area contributed by atoms with Gasteiger partial charge >= 0.3 is 6.09 Å². The fourth-order valence-electron chi connectivity index (χ4n) is 2.61. The Balaban J connectivity index is 1.89. The average Bonchev–Trinajstić information content (AvgIpc) is 2.47. The predicted molar refractivity (Wildman–Crippen MR) is 78.8 cm³/mol. The van der Waals surface area contributed by atoms with Crippen LogP contribution in [0.25, 0.3) is 16.3 Å². The Hall–Kier alpha value is -2.33. The number of carbonyl (C=O) groups excluding carboxylic acids is 1. The van der Waals surface area contributed by atoms with Crippen molar-refractivity contribution in [2.24, 2.45) is 5.73 Å². The first kappa shape index (κ1) is 12.7. The van der Waals surface area contributed by atoms with Gasteiger partial charge in [-0.2, -0.15) is 0 Å². The van der Waals surface area contributed by atoms with Gasteiger partial charge in [-0.25, -0.2) is 4.79 Å². The van der Waals surface area contributed by atoms with Crippen molar-refractivity contribution in [3.8, 4) is 0 Å². The zero-order valence-electron chi connectivity index (χ0n) is 11.1. The van der Waals surface area contributed by atoms with Gasteiger partial charge in [0.25, 0.3) is 0 Å². The summed E-state index contributed by atoms with van der Waals surface area (Å²) in [5.41, 5.74) is 7.56. The molecule has 1 amide bonds. The molecule has 0 atom stereocenters. The number of nitrogens with zero attached hydrogens (tertiary/aromatic N) is 1. The van der Waals surface area contributed by atoms with Crippen molar-refractivity contribution in [1.29, 1.82) is 0 Å². The number of nitrogens with two attached hydrogens (primary N) is 1. The molecule has 4 heteroatoms. The van der Waals surface area contributed by atoms with Gasteiger partial charge in [0, 0.05) is 6.54 Å². The monoisotopic (exact) mass is 268 g/mol. The Labute approximate surface area is 117 Å². The lowest BCUT2D eigenvalue weighted by atomic mass is 9.95. The number of rotatable bonds is 2. The summed E-state index contributed by atoms with van der Waals surface area (Å²) >= 11 is 0.